The van der Waals surface area contributed by atoms with E-state index in [4.69, 9.17) is 5.84 Å². The molecular weight excluding hydrogens is 260 g/mol. The molecule has 0 atom stereocenters. The highest BCUT2D eigenvalue weighted by Crippen LogP contribution is 2.15. The lowest BCUT2D eigenvalue weighted by Crippen LogP contribution is -2.15. The summed E-state index contributed by atoms with van der Waals surface area (Å²) >= 11 is 0. The Bertz CT molecular complexity index is 652. The lowest BCUT2D eigenvalue weighted by atomic mass is 10.5. The molecule has 4 N–H and O–H groups in total. The van der Waals surface area contributed by atoms with E-state index in [9.17, 15) is 8.42 Å². The van der Waals surface area contributed by atoms with Crippen LogP contribution >= 0.6 is 0 Å². The predicted octanol–water partition coefficient (Wildman–Crippen LogP) is -0.141. The van der Waals surface area contributed by atoms with Gasteiger partial charge in [-0.2, -0.15) is 4.98 Å². The number of pyridine rings is 1. The van der Waals surface area contributed by atoms with Crippen molar-refractivity contribution in [2.24, 2.45) is 5.84 Å². The van der Waals surface area contributed by atoms with Crippen LogP contribution in [0.4, 0.5) is 11.8 Å². The Kier molecular flexibility index (Phi) is 3.12. The molecule has 2 rings (SSSR count). The van der Waals surface area contributed by atoms with Crippen LogP contribution in [0.15, 0.2) is 27.7 Å². The molecule has 0 unspecified atom stereocenters. The van der Waals surface area contributed by atoms with Gasteiger partial charge in [-0.3, -0.25) is 0 Å². The van der Waals surface area contributed by atoms with E-state index in [-0.39, 0.29) is 16.7 Å². The number of hydrogen-bond acceptors (Lipinski definition) is 8. The van der Waals surface area contributed by atoms with Crippen molar-refractivity contribution in [2.75, 3.05) is 10.1 Å². The van der Waals surface area contributed by atoms with Gasteiger partial charge < -0.3 is 9.95 Å². The standard InChI is InChI=1S/C8H10N6O3S/c1-5-11-8(17-13-5)14-18(15,16)6-2-3-10-7(4-6)12-9/h2-4H,9H2,1H3,(H,10,12)(H,11,13,14). The molecule has 96 valence electrons. The summed E-state index contributed by atoms with van der Waals surface area (Å²) in [7, 11) is -3.81. The first-order chi connectivity index (χ1) is 8.51. The smallest absolute Gasteiger partial charge is 0.314 e. The van der Waals surface area contributed by atoms with Crippen molar-refractivity contribution in [1.29, 1.82) is 0 Å². The zero-order valence-electron chi connectivity index (χ0n) is 9.28. The molecule has 0 bridgehead atoms. The number of aryl methyl sites for hydroxylation is 1. The van der Waals surface area contributed by atoms with Crippen LogP contribution in [0.3, 0.4) is 0 Å². The summed E-state index contributed by atoms with van der Waals surface area (Å²) < 4.78 is 30.7. The first kappa shape index (κ1) is 12.3. The van der Waals surface area contributed by atoms with Gasteiger partial charge in [-0.25, -0.2) is 24.0 Å². The number of rotatable bonds is 4. The molecule has 0 amide bonds. The van der Waals surface area contributed by atoms with Gasteiger partial charge in [0.15, 0.2) is 5.82 Å². The van der Waals surface area contributed by atoms with Crippen LogP contribution in [-0.4, -0.2) is 23.5 Å². The van der Waals surface area contributed by atoms with Crippen LogP contribution < -0.4 is 16.0 Å². The molecule has 0 aromatic carbocycles. The van der Waals surface area contributed by atoms with E-state index in [1.54, 1.807) is 6.92 Å². The fraction of sp³-hybridized carbons (Fsp3) is 0.125. The van der Waals surface area contributed by atoms with Crippen LogP contribution in [0.25, 0.3) is 0 Å². The molecular formula is C8H10N6O3S. The lowest BCUT2D eigenvalue weighted by Gasteiger charge is -2.05. The largest absolute Gasteiger partial charge is 0.335 e. The van der Waals surface area contributed by atoms with Crippen LogP contribution in [-0.2, 0) is 10.0 Å². The normalized spacial score (nSPS) is 11.2. The van der Waals surface area contributed by atoms with E-state index in [1.165, 1.54) is 18.3 Å². The van der Waals surface area contributed by atoms with Crippen molar-refractivity contribution in [1.82, 2.24) is 15.1 Å². The molecule has 2 aromatic heterocycles. The molecule has 2 aromatic rings. The first-order valence-corrected chi connectivity index (χ1v) is 6.25. The third-order valence-electron chi connectivity index (χ3n) is 1.94. The van der Waals surface area contributed by atoms with Crippen LogP contribution in [0, 0.1) is 6.92 Å². The Morgan fingerprint density at radius 3 is 2.83 bits per heavy atom. The topological polar surface area (TPSA) is 136 Å². The lowest BCUT2D eigenvalue weighted by molar-refractivity contribution is 0.429. The minimum absolute atomic E-state index is 0.0266. The van der Waals surface area contributed by atoms with Crippen molar-refractivity contribution in [3.63, 3.8) is 0 Å². The molecule has 0 radical (unpaired) electrons. The number of hydrogen-bond donors (Lipinski definition) is 3. The molecule has 9 nitrogen and oxygen atoms in total. The summed E-state index contributed by atoms with van der Waals surface area (Å²) in [5.74, 6) is 5.70. The Labute approximate surface area is 102 Å². The Morgan fingerprint density at radius 1 is 1.44 bits per heavy atom. The Hall–Kier alpha value is -2.20. The third-order valence-corrected chi connectivity index (χ3v) is 3.26. The van der Waals surface area contributed by atoms with Gasteiger partial charge in [0, 0.05) is 12.3 Å². The van der Waals surface area contributed by atoms with E-state index in [2.05, 4.69) is 29.8 Å². The van der Waals surface area contributed by atoms with Crippen LogP contribution in [0.5, 0.6) is 0 Å². The van der Waals surface area contributed by atoms with Gasteiger partial charge in [-0.1, -0.05) is 5.16 Å². The summed E-state index contributed by atoms with van der Waals surface area (Å²) in [6, 6.07) is 2.38. The number of nitrogens with zero attached hydrogens (tertiary/aromatic N) is 3. The Balaban J connectivity index is 2.30. The van der Waals surface area contributed by atoms with Gasteiger partial charge in [0.05, 0.1) is 4.90 Å². The van der Waals surface area contributed by atoms with Gasteiger partial charge in [0.2, 0.25) is 0 Å². The zero-order chi connectivity index (χ0) is 13.2. The van der Waals surface area contributed by atoms with Crippen molar-refractivity contribution < 1.29 is 12.9 Å². The van der Waals surface area contributed by atoms with Crippen molar-refractivity contribution >= 4 is 21.9 Å². The fourth-order valence-corrected chi connectivity index (χ4v) is 2.11. The van der Waals surface area contributed by atoms with Crippen molar-refractivity contribution in [3.8, 4) is 0 Å². The Morgan fingerprint density at radius 2 is 2.22 bits per heavy atom. The minimum Gasteiger partial charge on any atom is -0.314 e. The van der Waals surface area contributed by atoms with Crippen LogP contribution in [0.1, 0.15) is 5.82 Å². The average Bonchev–Trinajstić information content (AvgIpc) is 2.74. The van der Waals surface area contributed by atoms with E-state index in [0.29, 0.717) is 5.82 Å². The number of aromatic nitrogens is 3. The number of hydrazine groups is 1. The number of sulfonamides is 1. The SMILES string of the molecule is Cc1noc(NS(=O)(=O)c2ccnc(NN)c2)n1. The number of nitrogens with two attached hydrogens (primary N) is 1. The van der Waals surface area contributed by atoms with E-state index < -0.39 is 10.0 Å². The zero-order valence-corrected chi connectivity index (χ0v) is 10.1. The van der Waals surface area contributed by atoms with E-state index >= 15 is 0 Å². The molecule has 0 aliphatic rings. The maximum atomic E-state index is 11.9. The molecule has 10 heteroatoms. The quantitative estimate of drug-likeness (QED) is 0.515. The monoisotopic (exact) mass is 270 g/mol. The predicted molar refractivity (Wildman–Crippen MR) is 61.9 cm³/mol. The molecule has 0 aliphatic carbocycles. The average molecular weight is 270 g/mol. The van der Waals surface area contributed by atoms with Gasteiger partial charge >= 0.3 is 6.01 Å². The molecule has 0 fully saturated rings. The first-order valence-electron chi connectivity index (χ1n) is 4.77. The maximum Gasteiger partial charge on any atom is 0.335 e. The highest BCUT2D eigenvalue weighted by molar-refractivity contribution is 7.92. The summed E-state index contributed by atoms with van der Waals surface area (Å²) in [5, 5.41) is 3.47. The number of nitrogens with one attached hydrogen (secondary N) is 2. The number of anilines is 2. The summed E-state index contributed by atoms with van der Waals surface area (Å²) in [6.45, 7) is 1.57. The van der Waals surface area contributed by atoms with Crippen molar-refractivity contribution in [3.05, 3.63) is 24.2 Å². The molecule has 0 saturated carbocycles. The fourth-order valence-electron chi connectivity index (χ4n) is 1.17. The van der Waals surface area contributed by atoms with Crippen molar-refractivity contribution in [2.45, 2.75) is 11.8 Å². The van der Waals surface area contributed by atoms with Gasteiger partial charge in [0.1, 0.15) is 5.82 Å². The summed E-state index contributed by atoms with van der Waals surface area (Å²) in [5.41, 5.74) is 2.25. The van der Waals surface area contributed by atoms with Crippen LogP contribution in [0.2, 0.25) is 0 Å². The maximum absolute atomic E-state index is 11.9. The summed E-state index contributed by atoms with van der Waals surface area (Å²) in [6.07, 6.45) is 1.31. The van der Waals surface area contributed by atoms with Gasteiger partial charge in [-0.15, -0.1) is 0 Å². The molecule has 2 heterocycles. The van der Waals surface area contributed by atoms with Gasteiger partial charge in [0.25, 0.3) is 10.0 Å². The molecule has 0 aliphatic heterocycles. The molecule has 18 heavy (non-hydrogen) atoms. The number of nitrogen functional groups attached to an aromatic ring is 1. The van der Waals surface area contributed by atoms with E-state index in [0.717, 1.165) is 0 Å². The molecule has 0 spiro atoms. The highest BCUT2D eigenvalue weighted by Gasteiger charge is 2.18. The second kappa shape index (κ2) is 4.58. The summed E-state index contributed by atoms with van der Waals surface area (Å²) in [4.78, 5) is 7.52. The highest BCUT2D eigenvalue weighted by atomic mass is 32.2. The molecule has 0 saturated heterocycles. The second-order valence-electron chi connectivity index (χ2n) is 3.27. The third kappa shape index (κ3) is 2.55. The van der Waals surface area contributed by atoms with Gasteiger partial charge in [-0.05, 0) is 13.0 Å². The van der Waals surface area contributed by atoms with E-state index in [1.807, 2.05) is 0 Å². The second-order valence-corrected chi connectivity index (χ2v) is 4.96. The minimum atomic E-state index is -3.81.